The van der Waals surface area contributed by atoms with Gasteiger partial charge in [0.15, 0.2) is 0 Å². The van der Waals surface area contributed by atoms with E-state index in [2.05, 4.69) is 10.0 Å². The molecule has 1 heterocycles. The summed E-state index contributed by atoms with van der Waals surface area (Å²) in [4.78, 5) is 48.2. The van der Waals surface area contributed by atoms with Gasteiger partial charge in [-0.2, -0.15) is 13.2 Å². The van der Waals surface area contributed by atoms with Crippen molar-refractivity contribution < 1.29 is 51.3 Å². The Bertz CT molecular complexity index is 783. The van der Waals surface area contributed by atoms with E-state index >= 15 is 0 Å². The molecule has 15 heteroatoms. The smallest absolute Gasteiger partial charge is 0.460 e. The maximum Gasteiger partial charge on any atom is 0.471 e. The van der Waals surface area contributed by atoms with Gasteiger partial charge < -0.3 is 24.3 Å². The molecule has 1 aliphatic carbocycles. The summed E-state index contributed by atoms with van der Waals surface area (Å²) in [5.41, 5.74) is 6.73. The molecule has 1 aliphatic heterocycles. The third-order valence-electron chi connectivity index (χ3n) is 4.03. The molecule has 1 N–H and O–H groups in total. The highest BCUT2D eigenvalue weighted by atomic mass is 19.4. The lowest BCUT2D eigenvalue weighted by Gasteiger charge is -2.35. The van der Waals surface area contributed by atoms with Crippen LogP contribution in [-0.2, 0) is 38.1 Å². The summed E-state index contributed by atoms with van der Waals surface area (Å²) < 4.78 is 58.3. The Labute approximate surface area is 160 Å². The first-order valence-corrected chi connectivity index (χ1v) is 7.97. The van der Waals surface area contributed by atoms with E-state index in [4.69, 9.17) is 24.5 Å². The van der Waals surface area contributed by atoms with Crippen LogP contribution in [-0.4, -0.2) is 60.3 Å². The van der Waals surface area contributed by atoms with E-state index in [0.29, 0.717) is 0 Å². The fraction of sp³-hybridized carbons (Fsp3) is 0.714. The number of hydrogen-bond donors (Lipinski definition) is 1. The maximum absolute atomic E-state index is 12.7. The van der Waals surface area contributed by atoms with Gasteiger partial charge in [-0.3, -0.25) is 19.2 Å². The van der Waals surface area contributed by atoms with Crippen LogP contribution in [0.4, 0.5) is 13.2 Å². The van der Waals surface area contributed by atoms with Crippen LogP contribution in [0.2, 0.25) is 0 Å². The van der Waals surface area contributed by atoms with Gasteiger partial charge in [0.25, 0.3) is 0 Å². The summed E-state index contributed by atoms with van der Waals surface area (Å²) >= 11 is 0. The molecule has 1 amide bonds. The number of nitrogens with zero attached hydrogens (tertiary/aromatic N) is 3. The molecule has 0 radical (unpaired) electrons. The lowest BCUT2D eigenvalue weighted by Crippen LogP contribution is -2.60. The molecule has 3 unspecified atom stereocenters. The van der Waals surface area contributed by atoms with Gasteiger partial charge in [-0.05, 0) is 10.6 Å². The van der Waals surface area contributed by atoms with Crippen molar-refractivity contribution in [2.45, 2.75) is 57.2 Å². The number of halogens is 3. The second kappa shape index (κ2) is 7.75. The van der Waals surface area contributed by atoms with Crippen molar-refractivity contribution in [1.82, 2.24) is 5.32 Å². The number of carbonyl (C=O) groups excluding carboxylic acids is 4. The average Bonchev–Trinajstić information content (AvgIpc) is 3.13. The monoisotopic (exact) mass is 424 g/mol. The number of azide groups is 1. The molecule has 12 nitrogen and oxygen atoms in total. The highest BCUT2D eigenvalue weighted by molar-refractivity contribution is 5.82. The van der Waals surface area contributed by atoms with E-state index in [0.717, 1.165) is 20.8 Å². The maximum atomic E-state index is 12.7. The minimum absolute atomic E-state index is 0.915. The molecule has 0 aromatic carbocycles. The van der Waals surface area contributed by atoms with Crippen LogP contribution in [0.1, 0.15) is 20.8 Å². The van der Waals surface area contributed by atoms with Crippen LogP contribution >= 0.6 is 0 Å². The minimum Gasteiger partial charge on any atom is -0.460 e. The predicted octanol–water partition coefficient (Wildman–Crippen LogP) is 0.453. The SMILES string of the molecule is CC(=O)OC1C(NC(=O)C(F)(F)F)[C@H](OC(C)=O)O[C@H]2[C@@H]1C2(N=[N+]=[N-])OC(C)=O. The van der Waals surface area contributed by atoms with Gasteiger partial charge in [-0.15, -0.1) is 0 Å². The normalized spacial score (nSPS) is 32.7. The molecule has 1 saturated carbocycles. The molecule has 0 aromatic rings. The number of rotatable bonds is 5. The molecule has 2 aliphatic rings. The first kappa shape index (κ1) is 22.2. The van der Waals surface area contributed by atoms with E-state index in [1.165, 1.54) is 0 Å². The third-order valence-corrected chi connectivity index (χ3v) is 4.03. The van der Waals surface area contributed by atoms with E-state index in [1.807, 2.05) is 0 Å². The van der Waals surface area contributed by atoms with Crippen LogP contribution in [0.25, 0.3) is 10.4 Å². The number of carbonyl (C=O) groups is 4. The molecule has 2 rings (SSSR count). The van der Waals surface area contributed by atoms with Crippen LogP contribution in [0.5, 0.6) is 0 Å². The van der Waals surface area contributed by atoms with Crippen molar-refractivity contribution in [2.75, 3.05) is 0 Å². The highest BCUT2D eigenvalue weighted by Gasteiger charge is 2.78. The molecule has 29 heavy (non-hydrogen) atoms. The molecule has 160 valence electrons. The molecule has 6 atom stereocenters. The van der Waals surface area contributed by atoms with Gasteiger partial charge in [-0.1, -0.05) is 0 Å². The quantitative estimate of drug-likeness (QED) is 0.218. The van der Waals surface area contributed by atoms with Crippen LogP contribution in [0.3, 0.4) is 0 Å². The lowest BCUT2D eigenvalue weighted by molar-refractivity contribution is -0.220. The second-order valence-electron chi connectivity index (χ2n) is 6.17. The predicted molar refractivity (Wildman–Crippen MR) is 81.1 cm³/mol. The molecule has 0 spiro atoms. The standard InChI is InChI=1S/C14H15F3N4O8/c1-4(22)26-9-7-10(13(7,20-21-18)29-6(3)24)28-11(27-5(2)23)8(9)19-12(25)14(15,16)17/h7-11H,1-3H3,(H,19,25)/t7-,8?,9?,10+,11-,13?/m1/s1. The topological polar surface area (TPSA) is 166 Å². The van der Waals surface area contributed by atoms with Crippen molar-refractivity contribution in [3.05, 3.63) is 10.4 Å². The molecule has 1 saturated heterocycles. The summed E-state index contributed by atoms with van der Waals surface area (Å²) in [6.07, 6.45) is -10.1. The lowest BCUT2D eigenvalue weighted by atomic mass is 10.0. The van der Waals surface area contributed by atoms with Crippen molar-refractivity contribution in [3.63, 3.8) is 0 Å². The number of alkyl halides is 3. The molecular weight excluding hydrogens is 409 g/mol. The van der Waals surface area contributed by atoms with E-state index in [-0.39, 0.29) is 0 Å². The molecule has 0 bridgehead atoms. The zero-order valence-corrected chi connectivity index (χ0v) is 15.1. The van der Waals surface area contributed by atoms with Gasteiger partial charge in [0.05, 0.1) is 5.92 Å². The number of fused-ring (bicyclic) bond motifs is 1. The Morgan fingerprint density at radius 2 is 1.69 bits per heavy atom. The summed E-state index contributed by atoms with van der Waals surface area (Å²) in [6, 6.07) is -1.84. The highest BCUT2D eigenvalue weighted by Crippen LogP contribution is 2.57. The number of amides is 1. The van der Waals surface area contributed by atoms with Crippen molar-refractivity contribution >= 4 is 23.8 Å². The summed E-state index contributed by atoms with van der Waals surface area (Å²) in [5.74, 6) is -6.60. The largest absolute Gasteiger partial charge is 0.471 e. The number of ether oxygens (including phenoxy) is 4. The molecule has 0 aromatic heterocycles. The average molecular weight is 424 g/mol. The van der Waals surface area contributed by atoms with E-state index < -0.39 is 66.2 Å². The first-order valence-electron chi connectivity index (χ1n) is 7.97. The van der Waals surface area contributed by atoms with Gasteiger partial charge in [0.2, 0.25) is 12.0 Å². The summed E-state index contributed by atoms with van der Waals surface area (Å²) in [7, 11) is 0. The van der Waals surface area contributed by atoms with Crippen molar-refractivity contribution in [1.29, 1.82) is 0 Å². The number of nitrogens with one attached hydrogen (secondary N) is 1. The minimum atomic E-state index is -5.32. The van der Waals surface area contributed by atoms with E-state index in [9.17, 15) is 32.3 Å². The van der Waals surface area contributed by atoms with Gasteiger partial charge in [0.1, 0.15) is 18.2 Å². The Hall–Kier alpha value is -3.06. The zero-order chi connectivity index (χ0) is 22.1. The third kappa shape index (κ3) is 4.51. The van der Waals surface area contributed by atoms with Gasteiger partial charge in [-0.25, -0.2) is 0 Å². The fourth-order valence-corrected chi connectivity index (χ4v) is 3.10. The van der Waals surface area contributed by atoms with Gasteiger partial charge >= 0.3 is 30.0 Å². The number of hydrogen-bond acceptors (Lipinski definition) is 9. The fourth-order valence-electron chi connectivity index (χ4n) is 3.10. The summed E-state index contributed by atoms with van der Waals surface area (Å²) in [5, 5.41) is 4.87. The van der Waals surface area contributed by atoms with Gasteiger partial charge in [0, 0.05) is 25.7 Å². The number of esters is 3. The Kier molecular flexibility index (Phi) is 5.94. The Morgan fingerprint density at radius 1 is 1.10 bits per heavy atom. The molecular formula is C14H15F3N4O8. The van der Waals surface area contributed by atoms with Crippen molar-refractivity contribution in [2.24, 2.45) is 11.0 Å². The molecule has 2 fully saturated rings. The van der Waals surface area contributed by atoms with Crippen LogP contribution in [0, 0.1) is 5.92 Å². The van der Waals surface area contributed by atoms with Crippen LogP contribution in [0.15, 0.2) is 5.11 Å². The van der Waals surface area contributed by atoms with Crippen molar-refractivity contribution in [3.8, 4) is 0 Å². The Balaban J connectivity index is 2.48. The first-order chi connectivity index (χ1) is 13.3. The second-order valence-corrected chi connectivity index (χ2v) is 6.17. The van der Waals surface area contributed by atoms with Crippen LogP contribution < -0.4 is 5.32 Å². The summed E-state index contributed by atoms with van der Waals surface area (Å²) in [6.45, 7) is 2.81. The zero-order valence-electron chi connectivity index (χ0n) is 15.1. The van der Waals surface area contributed by atoms with E-state index in [1.54, 1.807) is 5.32 Å². The Morgan fingerprint density at radius 3 is 2.14 bits per heavy atom.